The smallest absolute Gasteiger partial charge is 0.262 e. The Balaban J connectivity index is 1.64. The molecule has 0 aliphatic carbocycles. The second-order valence-corrected chi connectivity index (χ2v) is 6.23. The number of amides is 1. The normalized spacial score (nSPS) is 10.5. The quantitative estimate of drug-likeness (QED) is 0.647. The van der Waals surface area contributed by atoms with E-state index in [0.717, 1.165) is 11.3 Å². The van der Waals surface area contributed by atoms with Gasteiger partial charge in [-0.3, -0.25) is 9.36 Å². The van der Waals surface area contributed by atoms with Crippen molar-refractivity contribution in [2.45, 2.75) is 6.92 Å². The van der Waals surface area contributed by atoms with Crippen molar-refractivity contribution in [3.63, 3.8) is 0 Å². The Bertz CT molecular complexity index is 965. The van der Waals surface area contributed by atoms with Crippen molar-refractivity contribution in [1.29, 1.82) is 0 Å². The number of halogens is 1. The van der Waals surface area contributed by atoms with Gasteiger partial charge in [-0.05, 0) is 61.1 Å². The van der Waals surface area contributed by atoms with E-state index in [1.165, 1.54) is 0 Å². The van der Waals surface area contributed by atoms with Gasteiger partial charge in [-0.15, -0.1) is 0 Å². The Labute approximate surface area is 155 Å². The number of ether oxygens (including phenoxy) is 1. The monoisotopic (exact) mass is 373 g/mol. The van der Waals surface area contributed by atoms with Crippen molar-refractivity contribution in [3.05, 3.63) is 70.2 Å². The molecular formula is C18H16ClN3O2S. The van der Waals surface area contributed by atoms with Gasteiger partial charge in [0.05, 0.1) is 0 Å². The molecule has 3 rings (SSSR count). The highest BCUT2D eigenvalue weighted by molar-refractivity contribution is 7.71. The molecule has 0 unspecified atom stereocenters. The second-order valence-electron chi connectivity index (χ2n) is 5.43. The number of hydrogen-bond acceptors (Lipinski definition) is 3. The van der Waals surface area contributed by atoms with E-state index < -0.39 is 0 Å². The Kier molecular flexibility index (Phi) is 5.21. The van der Waals surface area contributed by atoms with E-state index in [0.29, 0.717) is 21.2 Å². The van der Waals surface area contributed by atoms with Crippen LogP contribution in [0.5, 0.6) is 5.75 Å². The maximum Gasteiger partial charge on any atom is 0.262 e. The molecule has 0 saturated heterocycles. The van der Waals surface area contributed by atoms with Crippen LogP contribution in [0.4, 0.5) is 5.69 Å². The lowest BCUT2D eigenvalue weighted by molar-refractivity contribution is -0.118. The van der Waals surface area contributed by atoms with Crippen molar-refractivity contribution in [3.8, 4) is 11.4 Å². The van der Waals surface area contributed by atoms with Crippen LogP contribution in [0.2, 0.25) is 5.02 Å². The van der Waals surface area contributed by atoms with E-state index in [1.807, 2.05) is 42.0 Å². The summed E-state index contributed by atoms with van der Waals surface area (Å²) >= 11 is 11.2. The van der Waals surface area contributed by atoms with Gasteiger partial charge in [0.15, 0.2) is 11.4 Å². The maximum atomic E-state index is 12.1. The Morgan fingerprint density at radius 1 is 1.32 bits per heavy atom. The van der Waals surface area contributed by atoms with Gasteiger partial charge < -0.3 is 15.0 Å². The molecule has 0 aliphatic rings. The first-order valence-corrected chi connectivity index (χ1v) is 8.37. The number of anilines is 1. The Morgan fingerprint density at radius 3 is 2.88 bits per heavy atom. The fraction of sp³-hybridized carbons (Fsp3) is 0.111. The highest BCUT2D eigenvalue weighted by Gasteiger charge is 2.06. The molecule has 0 atom stereocenters. The number of aromatic nitrogens is 2. The lowest BCUT2D eigenvalue weighted by atomic mass is 10.2. The Hall–Kier alpha value is -2.57. The number of nitrogens with zero attached hydrogens (tertiary/aromatic N) is 1. The topological polar surface area (TPSA) is 59.0 Å². The molecule has 1 heterocycles. The van der Waals surface area contributed by atoms with Crippen LogP contribution in [0.1, 0.15) is 5.56 Å². The van der Waals surface area contributed by atoms with Crippen LogP contribution in [-0.4, -0.2) is 22.1 Å². The fourth-order valence-corrected chi connectivity index (χ4v) is 2.66. The number of aryl methyl sites for hydroxylation is 1. The van der Waals surface area contributed by atoms with E-state index in [2.05, 4.69) is 10.3 Å². The van der Waals surface area contributed by atoms with Crippen molar-refractivity contribution >= 4 is 35.4 Å². The molecule has 0 radical (unpaired) electrons. The minimum atomic E-state index is -0.248. The first-order valence-electron chi connectivity index (χ1n) is 7.58. The number of aromatic amines is 1. The first-order chi connectivity index (χ1) is 12.0. The van der Waals surface area contributed by atoms with E-state index in [1.54, 1.807) is 24.4 Å². The van der Waals surface area contributed by atoms with Crippen LogP contribution in [0.3, 0.4) is 0 Å². The summed E-state index contributed by atoms with van der Waals surface area (Å²) in [6, 6.07) is 12.7. The van der Waals surface area contributed by atoms with Crippen molar-refractivity contribution in [2.75, 3.05) is 11.9 Å². The predicted molar refractivity (Wildman–Crippen MR) is 101 cm³/mol. The molecule has 1 amide bonds. The van der Waals surface area contributed by atoms with Crippen LogP contribution >= 0.6 is 23.8 Å². The number of benzene rings is 2. The average Bonchev–Trinajstić information content (AvgIpc) is 3.02. The number of carbonyl (C=O) groups excluding carboxylic acids is 1. The summed E-state index contributed by atoms with van der Waals surface area (Å²) in [5.41, 5.74) is 2.43. The van der Waals surface area contributed by atoms with Crippen LogP contribution in [0.15, 0.2) is 54.9 Å². The average molecular weight is 374 g/mol. The third-order valence-electron chi connectivity index (χ3n) is 3.56. The minimum Gasteiger partial charge on any atom is -0.484 e. The van der Waals surface area contributed by atoms with Gasteiger partial charge in [-0.25, -0.2) is 0 Å². The molecule has 128 valence electrons. The zero-order valence-corrected chi connectivity index (χ0v) is 15.0. The summed E-state index contributed by atoms with van der Waals surface area (Å²) in [6.45, 7) is 1.79. The fourth-order valence-electron chi connectivity index (χ4n) is 2.31. The zero-order valence-electron chi connectivity index (χ0n) is 13.5. The zero-order chi connectivity index (χ0) is 17.8. The third kappa shape index (κ3) is 4.29. The lowest BCUT2D eigenvalue weighted by Gasteiger charge is -2.10. The molecule has 25 heavy (non-hydrogen) atoms. The molecule has 3 aromatic rings. The van der Waals surface area contributed by atoms with Gasteiger partial charge in [0.1, 0.15) is 5.75 Å². The number of carbonyl (C=O) groups is 1. The van der Waals surface area contributed by atoms with Gasteiger partial charge in [-0.2, -0.15) is 0 Å². The molecule has 0 fully saturated rings. The molecule has 0 bridgehead atoms. The van der Waals surface area contributed by atoms with Gasteiger partial charge in [0, 0.05) is 28.8 Å². The lowest BCUT2D eigenvalue weighted by Crippen LogP contribution is -2.20. The summed E-state index contributed by atoms with van der Waals surface area (Å²) < 4.78 is 7.91. The highest BCUT2D eigenvalue weighted by Crippen LogP contribution is 2.21. The summed E-state index contributed by atoms with van der Waals surface area (Å²) in [6.07, 6.45) is 3.59. The molecule has 2 N–H and O–H groups in total. The standard InChI is InChI=1S/C18H16ClN3O2S/c1-12-9-15(5-6-16(12)19)24-11-17(23)21-13-3-2-4-14(10-13)22-8-7-20-18(22)25/h2-10H,11H2,1H3,(H,20,25)(H,21,23). The molecule has 0 saturated carbocycles. The number of imidazole rings is 1. The van der Waals surface area contributed by atoms with Crippen LogP contribution in [-0.2, 0) is 4.79 Å². The van der Waals surface area contributed by atoms with Crippen LogP contribution in [0.25, 0.3) is 5.69 Å². The van der Waals surface area contributed by atoms with Gasteiger partial charge >= 0.3 is 0 Å². The highest BCUT2D eigenvalue weighted by atomic mass is 35.5. The SMILES string of the molecule is Cc1cc(OCC(=O)Nc2cccc(-n3cc[nH]c3=S)c2)ccc1Cl. The number of nitrogens with one attached hydrogen (secondary N) is 2. The van der Waals surface area contributed by atoms with Crippen molar-refractivity contribution in [1.82, 2.24) is 9.55 Å². The number of hydrogen-bond donors (Lipinski definition) is 2. The molecule has 5 nitrogen and oxygen atoms in total. The third-order valence-corrected chi connectivity index (χ3v) is 4.30. The van der Waals surface area contributed by atoms with E-state index in [9.17, 15) is 4.79 Å². The summed E-state index contributed by atoms with van der Waals surface area (Å²) in [7, 11) is 0. The van der Waals surface area contributed by atoms with Crippen LogP contribution in [0, 0.1) is 11.7 Å². The Morgan fingerprint density at radius 2 is 2.16 bits per heavy atom. The maximum absolute atomic E-state index is 12.1. The number of H-pyrrole nitrogens is 1. The van der Waals surface area contributed by atoms with Gasteiger partial charge in [0.2, 0.25) is 0 Å². The summed E-state index contributed by atoms with van der Waals surface area (Å²) in [5, 5.41) is 3.48. The minimum absolute atomic E-state index is 0.0884. The summed E-state index contributed by atoms with van der Waals surface area (Å²) in [4.78, 5) is 15.0. The molecule has 7 heteroatoms. The largest absolute Gasteiger partial charge is 0.484 e. The molecule has 0 aliphatic heterocycles. The molecule has 1 aromatic heterocycles. The molecular weight excluding hydrogens is 358 g/mol. The van der Waals surface area contributed by atoms with E-state index >= 15 is 0 Å². The van der Waals surface area contributed by atoms with E-state index in [-0.39, 0.29) is 12.5 Å². The van der Waals surface area contributed by atoms with Crippen LogP contribution < -0.4 is 10.1 Å². The number of rotatable bonds is 5. The first kappa shape index (κ1) is 17.3. The second kappa shape index (κ2) is 7.55. The van der Waals surface area contributed by atoms with Gasteiger partial charge in [0.25, 0.3) is 5.91 Å². The van der Waals surface area contributed by atoms with E-state index in [4.69, 9.17) is 28.6 Å². The summed E-state index contributed by atoms with van der Waals surface area (Å²) in [5.74, 6) is 0.354. The van der Waals surface area contributed by atoms with Crippen molar-refractivity contribution in [2.24, 2.45) is 0 Å². The predicted octanol–water partition coefficient (Wildman–Crippen LogP) is 4.51. The molecule has 2 aromatic carbocycles. The van der Waals surface area contributed by atoms with Gasteiger partial charge in [-0.1, -0.05) is 17.7 Å². The van der Waals surface area contributed by atoms with Crippen molar-refractivity contribution < 1.29 is 9.53 Å². The molecule has 0 spiro atoms.